The Bertz CT molecular complexity index is 218. The van der Waals surface area contributed by atoms with Gasteiger partial charge in [-0.3, -0.25) is 4.79 Å². The van der Waals surface area contributed by atoms with Gasteiger partial charge in [-0.1, -0.05) is 0 Å². The number of hydrogen-bond donors (Lipinski definition) is 4. The third kappa shape index (κ3) is 2.28. The van der Waals surface area contributed by atoms with Crippen LogP contribution in [0.1, 0.15) is 13.3 Å². The zero-order valence-corrected chi connectivity index (χ0v) is 7.70. The maximum Gasteiger partial charge on any atom is 0.183 e. The number of rotatable bonds is 2. The van der Waals surface area contributed by atoms with E-state index in [9.17, 15) is 15.0 Å². The molecule has 1 aliphatic heterocycles. The molecule has 5 atom stereocenters. The third-order valence-electron chi connectivity index (χ3n) is 2.18. The first-order valence-corrected chi connectivity index (χ1v) is 4.30. The molecule has 0 spiro atoms. The van der Waals surface area contributed by atoms with Gasteiger partial charge in [0, 0.05) is 6.42 Å². The quantitative estimate of drug-likeness (QED) is 0.407. The maximum atomic E-state index is 10.7. The van der Waals surface area contributed by atoms with Crippen LogP contribution in [0.15, 0.2) is 0 Å². The summed E-state index contributed by atoms with van der Waals surface area (Å²) in [7, 11) is 0. The van der Waals surface area contributed by atoms with Crippen LogP contribution in [-0.4, -0.2) is 56.9 Å². The van der Waals surface area contributed by atoms with E-state index in [2.05, 4.69) is 0 Å². The normalized spacial score (nSPS) is 43.6. The summed E-state index contributed by atoms with van der Waals surface area (Å²) < 4.78 is 4.77. The minimum atomic E-state index is -1.57. The van der Waals surface area contributed by atoms with Crippen molar-refractivity contribution in [2.75, 3.05) is 0 Å². The van der Waals surface area contributed by atoms with Crippen LogP contribution in [0.4, 0.5) is 0 Å². The van der Waals surface area contributed by atoms with Crippen molar-refractivity contribution in [3.63, 3.8) is 0 Å². The Labute approximate surface area is 80.7 Å². The lowest BCUT2D eigenvalue weighted by Gasteiger charge is -2.37. The number of Topliss-reactive ketones (excluding diaryl/α,β-unsaturated/α-hetero) is 1. The van der Waals surface area contributed by atoms with Gasteiger partial charge in [0.05, 0.1) is 6.10 Å². The van der Waals surface area contributed by atoms with Crippen molar-refractivity contribution >= 4 is 5.78 Å². The van der Waals surface area contributed by atoms with E-state index < -0.39 is 30.7 Å². The van der Waals surface area contributed by atoms with Gasteiger partial charge in [0.15, 0.2) is 6.29 Å². The number of carbonyl (C=O) groups is 1. The molecule has 0 radical (unpaired) electrons. The van der Waals surface area contributed by atoms with Crippen LogP contribution < -0.4 is 0 Å². The van der Waals surface area contributed by atoms with Gasteiger partial charge < -0.3 is 25.2 Å². The number of carbonyl (C=O) groups excluding carboxylic acids is 1. The average molecular weight is 206 g/mol. The smallest absolute Gasteiger partial charge is 0.183 e. The number of ketones is 1. The lowest BCUT2D eigenvalue weighted by molar-refractivity contribution is -0.281. The predicted octanol–water partition coefficient (Wildman–Crippen LogP) is -2.23. The average Bonchev–Trinajstić information content (AvgIpc) is 2.10. The molecule has 1 saturated heterocycles. The molecule has 1 fully saturated rings. The van der Waals surface area contributed by atoms with Crippen molar-refractivity contribution < 1.29 is 30.0 Å². The molecular weight excluding hydrogens is 192 g/mol. The topological polar surface area (TPSA) is 107 Å². The van der Waals surface area contributed by atoms with Crippen LogP contribution in [0.5, 0.6) is 0 Å². The molecule has 0 aliphatic carbocycles. The highest BCUT2D eigenvalue weighted by molar-refractivity contribution is 5.76. The van der Waals surface area contributed by atoms with E-state index in [0.29, 0.717) is 0 Å². The van der Waals surface area contributed by atoms with E-state index >= 15 is 0 Å². The SMILES string of the molecule is CC(=O)C[C@@H]1O[C@H](O)[C@@H](O)[C@H](O)[C@@H]1O. The molecule has 14 heavy (non-hydrogen) atoms. The van der Waals surface area contributed by atoms with E-state index in [1.54, 1.807) is 0 Å². The Kier molecular flexibility index (Phi) is 3.57. The lowest BCUT2D eigenvalue weighted by atomic mass is 9.96. The van der Waals surface area contributed by atoms with Crippen LogP contribution in [0.25, 0.3) is 0 Å². The number of ether oxygens (including phenoxy) is 1. The van der Waals surface area contributed by atoms with Gasteiger partial charge in [-0.05, 0) is 6.92 Å². The van der Waals surface area contributed by atoms with Crippen molar-refractivity contribution in [2.24, 2.45) is 0 Å². The lowest BCUT2D eigenvalue weighted by Crippen LogP contribution is -2.57. The fourth-order valence-corrected chi connectivity index (χ4v) is 1.38. The highest BCUT2D eigenvalue weighted by Crippen LogP contribution is 2.21. The predicted molar refractivity (Wildman–Crippen MR) is 44.2 cm³/mol. The first-order valence-electron chi connectivity index (χ1n) is 4.30. The first kappa shape index (κ1) is 11.5. The summed E-state index contributed by atoms with van der Waals surface area (Å²) in [6, 6.07) is 0. The number of aliphatic hydroxyl groups is 4. The molecule has 1 heterocycles. The zero-order valence-electron chi connectivity index (χ0n) is 7.70. The van der Waals surface area contributed by atoms with Crippen molar-refractivity contribution in [3.05, 3.63) is 0 Å². The summed E-state index contributed by atoms with van der Waals surface area (Å²) in [5, 5.41) is 36.8. The van der Waals surface area contributed by atoms with Crippen LogP contribution in [0.3, 0.4) is 0 Å². The minimum Gasteiger partial charge on any atom is -0.388 e. The van der Waals surface area contributed by atoms with Crippen molar-refractivity contribution in [1.29, 1.82) is 0 Å². The molecule has 6 nitrogen and oxygen atoms in total. The number of hydrogen-bond acceptors (Lipinski definition) is 6. The minimum absolute atomic E-state index is 0.109. The summed E-state index contributed by atoms with van der Waals surface area (Å²) in [5.74, 6) is -0.232. The zero-order chi connectivity index (χ0) is 10.9. The summed E-state index contributed by atoms with van der Waals surface area (Å²) in [5.41, 5.74) is 0. The van der Waals surface area contributed by atoms with Gasteiger partial charge in [0.1, 0.15) is 24.1 Å². The van der Waals surface area contributed by atoms with Crippen LogP contribution in [0, 0.1) is 0 Å². The molecule has 0 bridgehead atoms. The van der Waals surface area contributed by atoms with Gasteiger partial charge in [0.2, 0.25) is 0 Å². The van der Waals surface area contributed by atoms with E-state index in [1.807, 2.05) is 0 Å². The highest BCUT2D eigenvalue weighted by Gasteiger charge is 2.43. The van der Waals surface area contributed by atoms with Crippen molar-refractivity contribution in [2.45, 2.75) is 44.1 Å². The van der Waals surface area contributed by atoms with E-state index in [0.717, 1.165) is 0 Å². The summed E-state index contributed by atoms with van der Waals surface area (Å²) >= 11 is 0. The summed E-state index contributed by atoms with van der Waals surface area (Å²) in [4.78, 5) is 10.7. The second-order valence-electron chi connectivity index (χ2n) is 3.44. The molecule has 0 saturated carbocycles. The molecule has 1 rings (SSSR count). The Morgan fingerprint density at radius 1 is 1.14 bits per heavy atom. The third-order valence-corrected chi connectivity index (χ3v) is 2.18. The molecule has 0 aromatic heterocycles. The van der Waals surface area contributed by atoms with E-state index in [1.165, 1.54) is 6.92 Å². The first-order chi connectivity index (χ1) is 6.43. The molecule has 4 N–H and O–H groups in total. The standard InChI is InChI=1S/C8H14O6/c1-3(9)2-4-5(10)6(11)7(12)8(13)14-4/h4-8,10-13H,2H2,1H3/t4-,5+,6+,7-,8-/m0/s1. The molecule has 82 valence electrons. The van der Waals surface area contributed by atoms with Crippen LogP contribution >= 0.6 is 0 Å². The summed E-state index contributed by atoms with van der Waals surface area (Å²) in [6.45, 7) is 1.31. The highest BCUT2D eigenvalue weighted by atomic mass is 16.6. The van der Waals surface area contributed by atoms with Crippen molar-refractivity contribution in [3.8, 4) is 0 Å². The Balaban J connectivity index is 2.65. The molecule has 0 amide bonds. The largest absolute Gasteiger partial charge is 0.388 e. The van der Waals surface area contributed by atoms with Gasteiger partial charge in [-0.15, -0.1) is 0 Å². The van der Waals surface area contributed by atoms with E-state index in [-0.39, 0.29) is 12.2 Å². The second-order valence-corrected chi connectivity index (χ2v) is 3.44. The molecule has 1 aliphatic rings. The second kappa shape index (κ2) is 4.33. The summed E-state index contributed by atoms with van der Waals surface area (Å²) in [6.07, 6.45) is -7.06. The van der Waals surface area contributed by atoms with Gasteiger partial charge in [0.25, 0.3) is 0 Å². The molecule has 6 heteroatoms. The Morgan fingerprint density at radius 3 is 2.21 bits per heavy atom. The van der Waals surface area contributed by atoms with Crippen LogP contribution in [0.2, 0.25) is 0 Å². The Morgan fingerprint density at radius 2 is 1.71 bits per heavy atom. The van der Waals surface area contributed by atoms with E-state index in [4.69, 9.17) is 14.9 Å². The monoisotopic (exact) mass is 206 g/mol. The molecule has 0 aromatic carbocycles. The fraction of sp³-hybridized carbons (Fsp3) is 0.875. The molecule has 0 aromatic rings. The van der Waals surface area contributed by atoms with Gasteiger partial charge in [-0.25, -0.2) is 0 Å². The maximum absolute atomic E-state index is 10.7. The molecule has 0 unspecified atom stereocenters. The Hall–Kier alpha value is -0.530. The molecular formula is C8H14O6. The van der Waals surface area contributed by atoms with Gasteiger partial charge in [-0.2, -0.15) is 0 Å². The van der Waals surface area contributed by atoms with Gasteiger partial charge >= 0.3 is 0 Å². The fourth-order valence-electron chi connectivity index (χ4n) is 1.38. The number of aliphatic hydroxyl groups excluding tert-OH is 4. The van der Waals surface area contributed by atoms with Crippen LogP contribution in [-0.2, 0) is 9.53 Å². The van der Waals surface area contributed by atoms with Crippen molar-refractivity contribution in [1.82, 2.24) is 0 Å².